The number of halogens is 1. The van der Waals surface area contributed by atoms with Gasteiger partial charge >= 0.3 is 0 Å². The Morgan fingerprint density at radius 3 is 2.71 bits per heavy atom. The molecule has 0 amide bonds. The number of allylic oxidation sites excluding steroid dienone is 4. The zero-order valence-corrected chi connectivity index (χ0v) is 14.3. The number of ether oxygens (including phenoxy) is 1. The Kier molecular flexibility index (Phi) is 4.39. The summed E-state index contributed by atoms with van der Waals surface area (Å²) in [5.41, 5.74) is 2.85. The largest absolute Gasteiger partial charge is 0.497 e. The molecule has 0 spiro atoms. The summed E-state index contributed by atoms with van der Waals surface area (Å²) in [5.74, 6) is 2.19. The molecule has 2 unspecified atom stereocenters. The van der Waals surface area contributed by atoms with Crippen molar-refractivity contribution in [1.82, 2.24) is 4.90 Å². The highest BCUT2D eigenvalue weighted by atomic mass is 79.9. The van der Waals surface area contributed by atoms with Crippen molar-refractivity contribution in [3.63, 3.8) is 0 Å². The molecule has 1 aliphatic heterocycles. The summed E-state index contributed by atoms with van der Waals surface area (Å²) in [4.78, 5) is 2.54. The molecule has 1 saturated heterocycles. The van der Waals surface area contributed by atoms with Gasteiger partial charge in [0.25, 0.3) is 0 Å². The lowest BCUT2D eigenvalue weighted by molar-refractivity contribution is 0.209. The Bertz CT molecular complexity index is 561. The molecule has 1 heterocycles. The maximum atomic E-state index is 5.23. The van der Waals surface area contributed by atoms with Gasteiger partial charge in [-0.05, 0) is 47.0 Å². The number of rotatable bonds is 3. The van der Waals surface area contributed by atoms with Crippen molar-refractivity contribution < 1.29 is 4.74 Å². The molecule has 0 aromatic heterocycles. The standard InChI is InChI=1S/C18H22BrNO/c1-13-16-4-3-11-20(18(16)10-9-17(13)19)12-14-5-7-15(21-2)8-6-14/h5-10,13,16H,3-4,11-12H2,1-2H3. The van der Waals surface area contributed by atoms with Crippen LogP contribution in [0, 0.1) is 11.8 Å². The third-order valence-electron chi connectivity index (χ3n) is 4.67. The molecule has 3 rings (SSSR count). The second-order valence-corrected chi connectivity index (χ2v) is 6.87. The van der Waals surface area contributed by atoms with E-state index in [1.165, 1.54) is 28.6 Å². The highest BCUT2D eigenvalue weighted by Crippen LogP contribution is 2.41. The van der Waals surface area contributed by atoms with Crippen LogP contribution >= 0.6 is 15.9 Å². The second-order valence-electron chi connectivity index (χ2n) is 5.95. The van der Waals surface area contributed by atoms with E-state index in [-0.39, 0.29) is 0 Å². The van der Waals surface area contributed by atoms with Gasteiger partial charge in [0.05, 0.1) is 7.11 Å². The first-order valence-electron chi connectivity index (χ1n) is 7.64. The lowest BCUT2D eigenvalue weighted by atomic mass is 9.80. The van der Waals surface area contributed by atoms with E-state index in [2.05, 4.69) is 52.0 Å². The number of likely N-dealkylation sites (tertiary alicyclic amines) is 1. The maximum absolute atomic E-state index is 5.23. The smallest absolute Gasteiger partial charge is 0.118 e. The van der Waals surface area contributed by atoms with E-state index in [4.69, 9.17) is 4.74 Å². The van der Waals surface area contributed by atoms with Gasteiger partial charge in [0.1, 0.15) is 5.75 Å². The molecule has 0 bridgehead atoms. The monoisotopic (exact) mass is 347 g/mol. The van der Waals surface area contributed by atoms with Crippen molar-refractivity contribution in [3.05, 3.63) is 52.2 Å². The minimum Gasteiger partial charge on any atom is -0.497 e. The predicted molar refractivity (Wildman–Crippen MR) is 90.4 cm³/mol. The fourth-order valence-corrected chi connectivity index (χ4v) is 3.83. The molecule has 0 saturated carbocycles. The quantitative estimate of drug-likeness (QED) is 0.784. The molecule has 0 radical (unpaired) electrons. The van der Waals surface area contributed by atoms with Gasteiger partial charge in [0.15, 0.2) is 0 Å². The summed E-state index contributed by atoms with van der Waals surface area (Å²) in [7, 11) is 1.71. The van der Waals surface area contributed by atoms with E-state index in [9.17, 15) is 0 Å². The van der Waals surface area contributed by atoms with Crippen LogP contribution in [-0.2, 0) is 6.54 Å². The normalized spacial score (nSPS) is 25.0. The summed E-state index contributed by atoms with van der Waals surface area (Å²) in [6.45, 7) is 4.48. The summed E-state index contributed by atoms with van der Waals surface area (Å²) < 4.78 is 6.57. The molecule has 1 aliphatic carbocycles. The van der Waals surface area contributed by atoms with Gasteiger partial charge in [-0.3, -0.25) is 0 Å². The molecule has 2 aliphatic rings. The molecular weight excluding hydrogens is 326 g/mol. The van der Waals surface area contributed by atoms with E-state index in [0.717, 1.165) is 18.8 Å². The van der Waals surface area contributed by atoms with Gasteiger partial charge in [-0.15, -0.1) is 0 Å². The SMILES string of the molecule is COc1ccc(CN2CCCC3C2=CC=C(Br)C3C)cc1. The van der Waals surface area contributed by atoms with E-state index in [1.54, 1.807) is 7.11 Å². The third-order valence-corrected chi connectivity index (χ3v) is 5.66. The van der Waals surface area contributed by atoms with Gasteiger partial charge in [-0.2, -0.15) is 0 Å². The third kappa shape index (κ3) is 3.03. The highest BCUT2D eigenvalue weighted by Gasteiger charge is 2.32. The summed E-state index contributed by atoms with van der Waals surface area (Å²) in [6.07, 6.45) is 7.11. The van der Waals surface area contributed by atoms with Crippen LogP contribution in [0.5, 0.6) is 5.75 Å². The first-order chi connectivity index (χ1) is 10.2. The Morgan fingerprint density at radius 2 is 2.00 bits per heavy atom. The summed E-state index contributed by atoms with van der Waals surface area (Å²) in [6, 6.07) is 8.43. The topological polar surface area (TPSA) is 12.5 Å². The average Bonchev–Trinajstić information content (AvgIpc) is 2.52. The van der Waals surface area contributed by atoms with Gasteiger partial charge in [0, 0.05) is 24.7 Å². The molecule has 0 N–H and O–H groups in total. The number of hydrogen-bond donors (Lipinski definition) is 0. The first kappa shape index (κ1) is 14.7. The molecule has 1 aromatic rings. The number of benzene rings is 1. The van der Waals surface area contributed by atoms with E-state index in [0.29, 0.717) is 11.8 Å². The van der Waals surface area contributed by atoms with Crippen LogP contribution in [0.1, 0.15) is 25.3 Å². The van der Waals surface area contributed by atoms with Crippen LogP contribution in [0.2, 0.25) is 0 Å². The zero-order valence-electron chi connectivity index (χ0n) is 12.7. The van der Waals surface area contributed by atoms with Crippen LogP contribution in [-0.4, -0.2) is 18.6 Å². The van der Waals surface area contributed by atoms with Crippen LogP contribution in [0.25, 0.3) is 0 Å². The number of piperidine rings is 1. The molecule has 112 valence electrons. The first-order valence-corrected chi connectivity index (χ1v) is 8.43. The van der Waals surface area contributed by atoms with Gasteiger partial charge in [-0.25, -0.2) is 0 Å². The van der Waals surface area contributed by atoms with Crippen LogP contribution in [0.3, 0.4) is 0 Å². The Hall–Kier alpha value is -1.22. The highest BCUT2D eigenvalue weighted by molar-refractivity contribution is 9.11. The Balaban J connectivity index is 1.78. The van der Waals surface area contributed by atoms with Crippen molar-refractivity contribution in [1.29, 1.82) is 0 Å². The number of fused-ring (bicyclic) bond motifs is 1. The number of methoxy groups -OCH3 is 1. The van der Waals surface area contributed by atoms with E-state index in [1.807, 2.05) is 12.1 Å². The zero-order chi connectivity index (χ0) is 14.8. The van der Waals surface area contributed by atoms with Gasteiger partial charge in [-0.1, -0.05) is 41.1 Å². The molecule has 1 fully saturated rings. The van der Waals surface area contributed by atoms with Gasteiger partial charge in [0.2, 0.25) is 0 Å². The van der Waals surface area contributed by atoms with E-state index < -0.39 is 0 Å². The van der Waals surface area contributed by atoms with Crippen molar-refractivity contribution >= 4 is 15.9 Å². The van der Waals surface area contributed by atoms with Crippen molar-refractivity contribution in [2.24, 2.45) is 11.8 Å². The molecule has 21 heavy (non-hydrogen) atoms. The molecule has 1 aromatic carbocycles. The lowest BCUT2D eigenvalue weighted by Gasteiger charge is -2.41. The minimum absolute atomic E-state index is 0.601. The average molecular weight is 348 g/mol. The second kappa shape index (κ2) is 6.27. The number of nitrogens with zero attached hydrogens (tertiary/aromatic N) is 1. The lowest BCUT2D eigenvalue weighted by Crippen LogP contribution is -2.36. The Morgan fingerprint density at radius 1 is 1.24 bits per heavy atom. The summed E-state index contributed by atoms with van der Waals surface area (Å²) in [5, 5.41) is 0. The fraction of sp³-hybridized carbons (Fsp3) is 0.444. The minimum atomic E-state index is 0.601. The maximum Gasteiger partial charge on any atom is 0.118 e. The van der Waals surface area contributed by atoms with Crippen molar-refractivity contribution in [2.45, 2.75) is 26.3 Å². The molecule has 3 heteroatoms. The van der Waals surface area contributed by atoms with Crippen molar-refractivity contribution in [2.75, 3.05) is 13.7 Å². The van der Waals surface area contributed by atoms with Crippen molar-refractivity contribution in [3.8, 4) is 5.75 Å². The molecular formula is C18H22BrNO. The van der Waals surface area contributed by atoms with Crippen LogP contribution in [0.4, 0.5) is 0 Å². The molecule has 2 nitrogen and oxygen atoms in total. The van der Waals surface area contributed by atoms with Crippen LogP contribution in [0.15, 0.2) is 46.6 Å². The Labute approximate surface area is 135 Å². The predicted octanol–water partition coefficient (Wildman–Crippen LogP) is 4.72. The van der Waals surface area contributed by atoms with Gasteiger partial charge < -0.3 is 9.64 Å². The summed E-state index contributed by atoms with van der Waals surface area (Å²) >= 11 is 3.70. The van der Waals surface area contributed by atoms with E-state index >= 15 is 0 Å². The number of hydrogen-bond acceptors (Lipinski definition) is 2. The van der Waals surface area contributed by atoms with Crippen LogP contribution < -0.4 is 4.74 Å². The fourth-order valence-electron chi connectivity index (χ4n) is 3.38. The molecule has 2 atom stereocenters.